The Bertz CT molecular complexity index is 664. The molecule has 2 aromatic rings. The van der Waals surface area contributed by atoms with E-state index in [9.17, 15) is 4.79 Å². The topological polar surface area (TPSA) is 72.9 Å². The van der Waals surface area contributed by atoms with Gasteiger partial charge in [0, 0.05) is 23.9 Å². The van der Waals surface area contributed by atoms with Crippen molar-refractivity contribution in [3.8, 4) is 11.8 Å². The van der Waals surface area contributed by atoms with E-state index in [0.29, 0.717) is 17.8 Å². The van der Waals surface area contributed by atoms with Crippen LogP contribution < -0.4 is 11.1 Å². The second-order valence-electron chi connectivity index (χ2n) is 4.13. The molecule has 0 saturated carbocycles. The summed E-state index contributed by atoms with van der Waals surface area (Å²) < 4.78 is 1.75. The Balaban J connectivity index is 2.12. The monoisotopic (exact) mass is 268 g/mol. The molecule has 0 unspecified atom stereocenters. The number of benzene rings is 1. The van der Waals surface area contributed by atoms with Gasteiger partial charge in [0.05, 0.1) is 18.4 Å². The largest absolute Gasteiger partial charge is 0.320 e. The number of aromatic nitrogens is 2. The molecule has 20 heavy (non-hydrogen) atoms. The van der Waals surface area contributed by atoms with E-state index in [2.05, 4.69) is 22.3 Å². The van der Waals surface area contributed by atoms with Crippen LogP contribution >= 0.6 is 0 Å². The first-order valence-corrected chi connectivity index (χ1v) is 6.35. The standard InChI is InChI=1S/C15H16N4O/c1-2-19-11-14(10-17-19)18-15(20)13-7-3-5-12(9-13)6-4-8-16/h3,5,7,9-11H,2,8,16H2,1H3,(H,18,20). The third-order valence-electron chi connectivity index (χ3n) is 2.67. The van der Waals surface area contributed by atoms with E-state index in [-0.39, 0.29) is 5.91 Å². The maximum atomic E-state index is 12.1. The number of carbonyl (C=O) groups is 1. The molecular formula is C15H16N4O. The van der Waals surface area contributed by atoms with Crippen molar-refractivity contribution in [2.24, 2.45) is 5.73 Å². The lowest BCUT2D eigenvalue weighted by Crippen LogP contribution is -2.11. The van der Waals surface area contributed by atoms with Gasteiger partial charge < -0.3 is 11.1 Å². The zero-order valence-electron chi connectivity index (χ0n) is 11.3. The van der Waals surface area contributed by atoms with Crippen LogP contribution in [0.4, 0.5) is 5.69 Å². The highest BCUT2D eigenvalue weighted by Crippen LogP contribution is 2.09. The van der Waals surface area contributed by atoms with Crippen molar-refractivity contribution in [1.82, 2.24) is 9.78 Å². The Labute approximate surface area is 117 Å². The molecular weight excluding hydrogens is 252 g/mol. The highest BCUT2D eigenvalue weighted by molar-refractivity contribution is 6.04. The van der Waals surface area contributed by atoms with Gasteiger partial charge in [0.25, 0.3) is 5.91 Å². The van der Waals surface area contributed by atoms with Crippen LogP contribution in [0.1, 0.15) is 22.8 Å². The van der Waals surface area contributed by atoms with Crippen molar-refractivity contribution in [3.05, 3.63) is 47.8 Å². The van der Waals surface area contributed by atoms with Crippen LogP contribution in [0.3, 0.4) is 0 Å². The van der Waals surface area contributed by atoms with Crippen molar-refractivity contribution in [3.63, 3.8) is 0 Å². The Morgan fingerprint density at radius 2 is 2.35 bits per heavy atom. The van der Waals surface area contributed by atoms with Crippen molar-refractivity contribution >= 4 is 11.6 Å². The smallest absolute Gasteiger partial charge is 0.255 e. The summed E-state index contributed by atoms with van der Waals surface area (Å²) in [4.78, 5) is 12.1. The summed E-state index contributed by atoms with van der Waals surface area (Å²) in [6, 6.07) is 7.12. The zero-order chi connectivity index (χ0) is 14.4. The molecule has 5 nitrogen and oxygen atoms in total. The normalized spacial score (nSPS) is 9.70. The maximum Gasteiger partial charge on any atom is 0.255 e. The Kier molecular flexibility index (Phi) is 4.53. The number of anilines is 1. The molecule has 0 saturated heterocycles. The van der Waals surface area contributed by atoms with Crippen molar-refractivity contribution in [1.29, 1.82) is 0 Å². The lowest BCUT2D eigenvalue weighted by atomic mass is 10.1. The van der Waals surface area contributed by atoms with E-state index >= 15 is 0 Å². The van der Waals surface area contributed by atoms with E-state index in [1.54, 1.807) is 35.3 Å². The average molecular weight is 268 g/mol. The molecule has 0 bridgehead atoms. The fourth-order valence-electron chi connectivity index (χ4n) is 1.70. The zero-order valence-corrected chi connectivity index (χ0v) is 11.3. The molecule has 2 rings (SSSR count). The highest BCUT2D eigenvalue weighted by Gasteiger charge is 2.07. The molecule has 1 amide bonds. The maximum absolute atomic E-state index is 12.1. The number of carbonyl (C=O) groups excluding carboxylic acids is 1. The highest BCUT2D eigenvalue weighted by atomic mass is 16.1. The summed E-state index contributed by atoms with van der Waals surface area (Å²) in [6.07, 6.45) is 3.41. The molecule has 0 radical (unpaired) electrons. The molecule has 0 aliphatic carbocycles. The van der Waals surface area contributed by atoms with Gasteiger partial charge in [-0.2, -0.15) is 5.10 Å². The molecule has 1 aromatic carbocycles. The van der Waals surface area contributed by atoms with Crippen molar-refractivity contribution < 1.29 is 4.79 Å². The number of nitrogens with zero attached hydrogens (tertiary/aromatic N) is 2. The second-order valence-corrected chi connectivity index (χ2v) is 4.13. The number of nitrogens with two attached hydrogens (primary N) is 1. The van der Waals surface area contributed by atoms with Crippen LogP contribution in [0, 0.1) is 11.8 Å². The number of hydrogen-bond acceptors (Lipinski definition) is 3. The number of nitrogens with one attached hydrogen (secondary N) is 1. The summed E-state index contributed by atoms with van der Waals surface area (Å²) in [5.74, 6) is 5.49. The molecule has 0 atom stereocenters. The first-order valence-electron chi connectivity index (χ1n) is 6.35. The van der Waals surface area contributed by atoms with Gasteiger partial charge in [-0.1, -0.05) is 17.9 Å². The third kappa shape index (κ3) is 3.46. The summed E-state index contributed by atoms with van der Waals surface area (Å²) in [6.45, 7) is 3.05. The van der Waals surface area contributed by atoms with Crippen LogP contribution in [-0.4, -0.2) is 22.2 Å². The SMILES string of the molecule is CCn1cc(NC(=O)c2cccc(C#CCN)c2)cn1. The van der Waals surface area contributed by atoms with Crippen LogP contribution in [0.2, 0.25) is 0 Å². The van der Waals surface area contributed by atoms with E-state index in [1.165, 1.54) is 0 Å². The average Bonchev–Trinajstić information content (AvgIpc) is 2.93. The number of rotatable bonds is 3. The Hall–Kier alpha value is -2.58. The first-order chi connectivity index (χ1) is 9.72. The Morgan fingerprint density at radius 3 is 3.05 bits per heavy atom. The fraction of sp³-hybridized carbons (Fsp3) is 0.200. The molecule has 3 N–H and O–H groups in total. The van der Waals surface area contributed by atoms with Gasteiger partial charge in [0.1, 0.15) is 0 Å². The lowest BCUT2D eigenvalue weighted by Gasteiger charge is -2.02. The van der Waals surface area contributed by atoms with E-state index in [1.807, 2.05) is 13.0 Å². The third-order valence-corrected chi connectivity index (χ3v) is 2.67. The molecule has 1 aromatic heterocycles. The van der Waals surface area contributed by atoms with E-state index in [0.717, 1.165) is 12.1 Å². The van der Waals surface area contributed by atoms with Crippen molar-refractivity contribution in [2.75, 3.05) is 11.9 Å². The van der Waals surface area contributed by atoms with Gasteiger partial charge in [0.2, 0.25) is 0 Å². The molecule has 5 heteroatoms. The molecule has 0 aliphatic rings. The number of aryl methyl sites for hydroxylation is 1. The van der Waals surface area contributed by atoms with Crippen LogP contribution in [0.5, 0.6) is 0 Å². The van der Waals surface area contributed by atoms with Gasteiger partial charge in [0.15, 0.2) is 0 Å². The quantitative estimate of drug-likeness (QED) is 0.828. The van der Waals surface area contributed by atoms with Crippen LogP contribution in [-0.2, 0) is 6.54 Å². The minimum absolute atomic E-state index is 0.183. The second kappa shape index (κ2) is 6.55. The van der Waals surface area contributed by atoms with Gasteiger partial charge in [-0.25, -0.2) is 0 Å². The van der Waals surface area contributed by atoms with Crippen LogP contribution in [0.15, 0.2) is 36.7 Å². The van der Waals surface area contributed by atoms with Crippen LogP contribution in [0.25, 0.3) is 0 Å². The first kappa shape index (κ1) is 13.8. The number of hydrogen-bond donors (Lipinski definition) is 2. The minimum Gasteiger partial charge on any atom is -0.320 e. The van der Waals surface area contributed by atoms with E-state index in [4.69, 9.17) is 5.73 Å². The number of amides is 1. The van der Waals surface area contributed by atoms with E-state index < -0.39 is 0 Å². The lowest BCUT2D eigenvalue weighted by molar-refractivity contribution is 0.102. The Morgan fingerprint density at radius 1 is 1.50 bits per heavy atom. The molecule has 0 spiro atoms. The summed E-state index contributed by atoms with van der Waals surface area (Å²) in [7, 11) is 0. The molecule has 1 heterocycles. The van der Waals surface area contributed by atoms with Gasteiger partial charge in [-0.15, -0.1) is 0 Å². The summed E-state index contributed by atoms with van der Waals surface area (Å²) in [5, 5.41) is 6.91. The van der Waals surface area contributed by atoms with Crippen molar-refractivity contribution in [2.45, 2.75) is 13.5 Å². The predicted molar refractivity (Wildman–Crippen MR) is 78.2 cm³/mol. The fourth-order valence-corrected chi connectivity index (χ4v) is 1.70. The summed E-state index contributed by atoms with van der Waals surface area (Å²) >= 11 is 0. The minimum atomic E-state index is -0.183. The molecule has 0 aliphatic heterocycles. The van der Waals surface area contributed by atoms with Gasteiger partial charge in [-0.05, 0) is 25.1 Å². The van der Waals surface area contributed by atoms with Gasteiger partial charge in [-0.3, -0.25) is 9.48 Å². The summed E-state index contributed by atoms with van der Waals surface area (Å²) in [5.41, 5.74) is 7.33. The molecule has 0 fully saturated rings. The molecule has 102 valence electrons. The van der Waals surface area contributed by atoms with Gasteiger partial charge >= 0.3 is 0 Å². The predicted octanol–water partition coefficient (Wildman–Crippen LogP) is 1.47.